The lowest BCUT2D eigenvalue weighted by Gasteiger charge is -2.21. The minimum Gasteiger partial charge on any atom is -0.341 e. The van der Waals surface area contributed by atoms with Crippen LogP contribution in [0.3, 0.4) is 0 Å². The van der Waals surface area contributed by atoms with Crippen LogP contribution >= 0.6 is 0 Å². The average molecular weight is 248 g/mol. The smallest absolute Gasteiger partial charge is 0.223 e. The van der Waals surface area contributed by atoms with Gasteiger partial charge in [-0.1, -0.05) is 44.2 Å². The summed E-state index contributed by atoms with van der Waals surface area (Å²) in [5, 5.41) is 0. The zero-order valence-corrected chi connectivity index (χ0v) is 11.7. The molecule has 0 saturated carbocycles. The molecule has 0 aliphatic heterocycles. The van der Waals surface area contributed by atoms with Gasteiger partial charge >= 0.3 is 0 Å². The van der Waals surface area contributed by atoms with Gasteiger partial charge in [0.05, 0.1) is 0 Å². The van der Waals surface area contributed by atoms with Gasteiger partial charge in [-0.05, 0) is 18.7 Å². The van der Waals surface area contributed by atoms with Gasteiger partial charge in [0.2, 0.25) is 5.91 Å². The van der Waals surface area contributed by atoms with E-state index < -0.39 is 0 Å². The highest BCUT2D eigenvalue weighted by atomic mass is 16.2. The second kappa shape index (κ2) is 7.88. The second-order valence-corrected chi connectivity index (χ2v) is 4.51. The predicted octanol–water partition coefficient (Wildman–Crippen LogP) is 2.38. The zero-order chi connectivity index (χ0) is 13.4. The number of carbonyl (C=O) groups is 1. The van der Waals surface area contributed by atoms with Crippen LogP contribution in [0.2, 0.25) is 0 Å². The minimum absolute atomic E-state index is 0.214. The highest BCUT2D eigenvalue weighted by molar-refractivity contribution is 5.76. The summed E-state index contributed by atoms with van der Waals surface area (Å²) in [5.74, 6) is 0.214. The van der Waals surface area contributed by atoms with Gasteiger partial charge in [-0.3, -0.25) is 4.79 Å². The molecule has 0 spiro atoms. The lowest BCUT2D eigenvalue weighted by Crippen LogP contribution is -2.31. The summed E-state index contributed by atoms with van der Waals surface area (Å²) in [6, 6.07) is 10.1. The fourth-order valence-electron chi connectivity index (χ4n) is 1.93. The Hall–Kier alpha value is -1.35. The topological polar surface area (TPSA) is 23.6 Å². The molecule has 0 bridgehead atoms. The molecule has 0 saturated heterocycles. The van der Waals surface area contributed by atoms with Gasteiger partial charge in [0, 0.05) is 26.6 Å². The molecule has 1 aromatic carbocycles. The summed E-state index contributed by atoms with van der Waals surface area (Å²) in [5.41, 5.74) is 1.18. The molecule has 0 atom stereocenters. The largest absolute Gasteiger partial charge is 0.341 e. The van der Waals surface area contributed by atoms with E-state index >= 15 is 0 Å². The van der Waals surface area contributed by atoms with Crippen molar-refractivity contribution in [2.45, 2.75) is 26.8 Å². The average Bonchev–Trinajstić information content (AvgIpc) is 2.40. The fourth-order valence-corrected chi connectivity index (χ4v) is 1.93. The third kappa shape index (κ3) is 4.88. The normalized spacial score (nSPS) is 10.7. The van der Waals surface area contributed by atoms with E-state index in [1.54, 1.807) is 4.90 Å². The molecular weight excluding hydrogens is 224 g/mol. The molecule has 1 aromatic rings. The van der Waals surface area contributed by atoms with Gasteiger partial charge in [-0.25, -0.2) is 0 Å². The summed E-state index contributed by atoms with van der Waals surface area (Å²) in [6.45, 7) is 7.81. The Labute approximate surface area is 110 Å². The molecule has 0 aromatic heterocycles. The van der Waals surface area contributed by atoms with Crippen LogP contribution in [0.4, 0.5) is 0 Å². The first-order chi connectivity index (χ1) is 8.67. The Morgan fingerprint density at radius 1 is 1.11 bits per heavy atom. The summed E-state index contributed by atoms with van der Waals surface area (Å²) < 4.78 is 0. The molecule has 100 valence electrons. The SMILES string of the molecule is CCN(CC)CCC(=O)N(C)Cc1ccccc1. The summed E-state index contributed by atoms with van der Waals surface area (Å²) in [4.78, 5) is 16.1. The Balaban J connectivity index is 2.37. The Kier molecular flexibility index (Phi) is 6.44. The molecular formula is C15H24N2O. The summed E-state index contributed by atoms with van der Waals surface area (Å²) >= 11 is 0. The molecule has 0 unspecified atom stereocenters. The van der Waals surface area contributed by atoms with Crippen LogP contribution in [0.25, 0.3) is 0 Å². The van der Waals surface area contributed by atoms with Gasteiger partial charge in [-0.2, -0.15) is 0 Å². The summed E-state index contributed by atoms with van der Waals surface area (Å²) in [7, 11) is 1.87. The minimum atomic E-state index is 0.214. The highest BCUT2D eigenvalue weighted by Crippen LogP contribution is 2.04. The maximum Gasteiger partial charge on any atom is 0.223 e. The second-order valence-electron chi connectivity index (χ2n) is 4.51. The van der Waals surface area contributed by atoms with E-state index in [0.29, 0.717) is 13.0 Å². The van der Waals surface area contributed by atoms with E-state index in [2.05, 4.69) is 18.7 Å². The van der Waals surface area contributed by atoms with Crippen LogP contribution in [0.5, 0.6) is 0 Å². The molecule has 18 heavy (non-hydrogen) atoms. The number of hydrogen-bond acceptors (Lipinski definition) is 2. The van der Waals surface area contributed by atoms with Gasteiger partial charge in [0.25, 0.3) is 0 Å². The van der Waals surface area contributed by atoms with Gasteiger partial charge < -0.3 is 9.80 Å². The van der Waals surface area contributed by atoms with Crippen LogP contribution in [0, 0.1) is 0 Å². The molecule has 3 heteroatoms. The lowest BCUT2D eigenvalue weighted by molar-refractivity contribution is -0.130. The predicted molar refractivity (Wildman–Crippen MR) is 75.3 cm³/mol. The highest BCUT2D eigenvalue weighted by Gasteiger charge is 2.10. The van der Waals surface area contributed by atoms with Crippen LogP contribution in [0.1, 0.15) is 25.8 Å². The number of amides is 1. The van der Waals surface area contributed by atoms with E-state index in [9.17, 15) is 4.79 Å². The van der Waals surface area contributed by atoms with Crippen LogP contribution in [-0.2, 0) is 11.3 Å². The van der Waals surface area contributed by atoms with Crippen molar-refractivity contribution >= 4 is 5.91 Å². The maximum atomic E-state index is 12.0. The van der Waals surface area contributed by atoms with Crippen molar-refractivity contribution in [2.75, 3.05) is 26.7 Å². The zero-order valence-electron chi connectivity index (χ0n) is 11.7. The molecule has 1 rings (SSSR count). The fraction of sp³-hybridized carbons (Fsp3) is 0.533. The molecule has 0 aliphatic rings. The molecule has 3 nitrogen and oxygen atoms in total. The maximum absolute atomic E-state index is 12.0. The number of rotatable bonds is 7. The Morgan fingerprint density at radius 2 is 1.72 bits per heavy atom. The monoisotopic (exact) mass is 248 g/mol. The van der Waals surface area contributed by atoms with Crippen molar-refractivity contribution < 1.29 is 4.79 Å². The quantitative estimate of drug-likeness (QED) is 0.739. The third-order valence-corrected chi connectivity index (χ3v) is 3.22. The molecule has 0 N–H and O–H groups in total. The van der Waals surface area contributed by atoms with E-state index in [4.69, 9.17) is 0 Å². The third-order valence-electron chi connectivity index (χ3n) is 3.22. The Morgan fingerprint density at radius 3 is 2.28 bits per heavy atom. The van der Waals surface area contributed by atoms with Crippen molar-refractivity contribution in [2.24, 2.45) is 0 Å². The van der Waals surface area contributed by atoms with E-state index in [0.717, 1.165) is 19.6 Å². The molecule has 0 radical (unpaired) electrons. The van der Waals surface area contributed by atoms with Gasteiger partial charge in [0.15, 0.2) is 0 Å². The van der Waals surface area contributed by atoms with Gasteiger partial charge in [-0.15, -0.1) is 0 Å². The first kappa shape index (κ1) is 14.7. The summed E-state index contributed by atoms with van der Waals surface area (Å²) in [6.07, 6.45) is 0.602. The molecule has 0 aliphatic carbocycles. The molecule has 0 fully saturated rings. The van der Waals surface area contributed by atoms with Crippen LogP contribution in [-0.4, -0.2) is 42.4 Å². The number of nitrogens with zero attached hydrogens (tertiary/aromatic N) is 2. The number of benzene rings is 1. The van der Waals surface area contributed by atoms with Crippen molar-refractivity contribution in [1.82, 2.24) is 9.80 Å². The first-order valence-corrected chi connectivity index (χ1v) is 6.67. The Bertz CT molecular complexity index is 347. The van der Waals surface area contributed by atoms with Crippen molar-refractivity contribution in [3.63, 3.8) is 0 Å². The lowest BCUT2D eigenvalue weighted by atomic mass is 10.2. The van der Waals surface area contributed by atoms with Crippen molar-refractivity contribution in [3.05, 3.63) is 35.9 Å². The van der Waals surface area contributed by atoms with Crippen LogP contribution in [0.15, 0.2) is 30.3 Å². The van der Waals surface area contributed by atoms with E-state index in [1.807, 2.05) is 37.4 Å². The van der Waals surface area contributed by atoms with Crippen molar-refractivity contribution in [3.8, 4) is 0 Å². The van der Waals surface area contributed by atoms with Gasteiger partial charge in [0.1, 0.15) is 0 Å². The molecule has 0 heterocycles. The number of carbonyl (C=O) groups excluding carboxylic acids is 1. The van der Waals surface area contributed by atoms with Crippen LogP contribution < -0.4 is 0 Å². The molecule has 1 amide bonds. The standard InChI is InChI=1S/C15H24N2O/c1-4-17(5-2)12-11-15(18)16(3)13-14-9-7-6-8-10-14/h6-10H,4-5,11-13H2,1-3H3. The number of hydrogen-bond donors (Lipinski definition) is 0. The van der Waals surface area contributed by atoms with E-state index in [1.165, 1.54) is 5.56 Å². The first-order valence-electron chi connectivity index (χ1n) is 6.67. The van der Waals surface area contributed by atoms with Crippen molar-refractivity contribution in [1.29, 1.82) is 0 Å². The van der Waals surface area contributed by atoms with E-state index in [-0.39, 0.29) is 5.91 Å².